The minimum atomic E-state index is 0.0682. The van der Waals surface area contributed by atoms with Crippen LogP contribution in [0.5, 0.6) is 0 Å². The third-order valence-electron chi connectivity index (χ3n) is 11.9. The van der Waals surface area contributed by atoms with Gasteiger partial charge in [0.05, 0.1) is 5.52 Å². The van der Waals surface area contributed by atoms with Crippen LogP contribution in [-0.4, -0.2) is 10.6 Å². The molecule has 258 valence electrons. The fraction of sp³-hybridized carbons (Fsp3) is 0.176. The monoisotopic (exact) mass is 684 g/mol. The van der Waals surface area contributed by atoms with E-state index in [2.05, 4.69) is 184 Å². The van der Waals surface area contributed by atoms with Gasteiger partial charge in [-0.25, -0.2) is 0 Å². The van der Waals surface area contributed by atoms with E-state index < -0.39 is 0 Å². The van der Waals surface area contributed by atoms with Gasteiger partial charge in [0.2, 0.25) is 0 Å². The molecule has 0 radical (unpaired) electrons. The normalized spacial score (nSPS) is 17.4. The van der Waals surface area contributed by atoms with Crippen molar-refractivity contribution in [3.8, 4) is 16.8 Å². The number of hydrogen-bond acceptors (Lipinski definition) is 1. The van der Waals surface area contributed by atoms with E-state index in [0.717, 1.165) is 6.42 Å². The number of para-hydroxylation sites is 2. The Bertz CT molecular complexity index is 2800. The van der Waals surface area contributed by atoms with E-state index in [4.69, 9.17) is 0 Å². The van der Waals surface area contributed by atoms with Gasteiger partial charge in [-0.2, -0.15) is 0 Å². The number of hydrogen-bond donors (Lipinski definition) is 1. The molecule has 1 aromatic heterocycles. The van der Waals surface area contributed by atoms with Crippen LogP contribution in [0.15, 0.2) is 140 Å². The fourth-order valence-corrected chi connectivity index (χ4v) is 9.25. The van der Waals surface area contributed by atoms with E-state index in [-0.39, 0.29) is 11.5 Å². The van der Waals surface area contributed by atoms with Crippen molar-refractivity contribution in [3.63, 3.8) is 0 Å². The van der Waals surface area contributed by atoms with Crippen LogP contribution in [0.2, 0.25) is 0 Å². The summed E-state index contributed by atoms with van der Waals surface area (Å²) in [5, 5.41) is 12.8. The molecule has 2 atom stereocenters. The van der Waals surface area contributed by atoms with Gasteiger partial charge < -0.3 is 9.88 Å². The second kappa shape index (κ2) is 11.8. The number of fused-ring (bicyclic) bond motifs is 3. The van der Waals surface area contributed by atoms with Crippen molar-refractivity contribution in [2.75, 3.05) is 0 Å². The lowest BCUT2D eigenvalue weighted by Crippen LogP contribution is -2.23. The molecule has 2 heteroatoms. The quantitative estimate of drug-likeness (QED) is 0.183. The maximum Gasteiger partial charge on any atom is 0.0537 e. The van der Waals surface area contributed by atoms with Gasteiger partial charge >= 0.3 is 0 Å². The highest BCUT2D eigenvalue weighted by molar-refractivity contribution is 6.28. The zero-order valence-electron chi connectivity index (χ0n) is 31.2. The largest absolute Gasteiger partial charge is 0.384 e. The molecule has 2 aliphatic rings. The highest BCUT2D eigenvalue weighted by atomic mass is 15.0. The molecule has 2 nitrogen and oxygen atoms in total. The van der Waals surface area contributed by atoms with Crippen molar-refractivity contribution in [1.82, 2.24) is 9.88 Å². The number of dihydropyridines is 1. The highest BCUT2D eigenvalue weighted by Gasteiger charge is 2.28. The maximum absolute atomic E-state index is 3.46. The lowest BCUT2D eigenvalue weighted by molar-refractivity contribution is 0.591. The number of aromatic nitrogens is 1. The summed E-state index contributed by atoms with van der Waals surface area (Å²) in [7, 11) is 0. The van der Waals surface area contributed by atoms with Crippen LogP contribution in [0, 0.1) is 0 Å². The van der Waals surface area contributed by atoms with Crippen LogP contribution in [0.3, 0.4) is 0 Å². The molecule has 53 heavy (non-hydrogen) atoms. The van der Waals surface area contributed by atoms with Crippen LogP contribution in [0.25, 0.3) is 77.3 Å². The summed E-state index contributed by atoms with van der Waals surface area (Å²) in [6, 6.07) is 46.2. The van der Waals surface area contributed by atoms with Gasteiger partial charge in [-0.15, -0.1) is 0 Å². The van der Waals surface area contributed by atoms with Crippen LogP contribution in [0.4, 0.5) is 0 Å². The molecule has 7 aromatic carbocycles. The summed E-state index contributed by atoms with van der Waals surface area (Å²) in [5.41, 5.74) is 14.6. The Morgan fingerprint density at radius 3 is 2.06 bits per heavy atom. The third-order valence-corrected chi connectivity index (χ3v) is 11.9. The van der Waals surface area contributed by atoms with Crippen LogP contribution >= 0.6 is 0 Å². The molecule has 2 unspecified atom stereocenters. The second-order valence-electron chi connectivity index (χ2n) is 16.3. The van der Waals surface area contributed by atoms with Gasteiger partial charge in [-0.3, -0.25) is 0 Å². The Hall–Kier alpha value is -5.86. The Kier molecular flexibility index (Phi) is 7.11. The predicted molar refractivity (Wildman–Crippen MR) is 228 cm³/mol. The molecule has 1 aliphatic heterocycles. The lowest BCUT2D eigenvalue weighted by Gasteiger charge is -2.26. The average molecular weight is 685 g/mol. The Balaban J connectivity index is 1.24. The molecule has 2 heterocycles. The van der Waals surface area contributed by atoms with Gasteiger partial charge in [-0.05, 0) is 133 Å². The van der Waals surface area contributed by atoms with Crippen molar-refractivity contribution >= 4 is 60.4 Å². The summed E-state index contributed by atoms with van der Waals surface area (Å²) in [5.74, 6) is 0.335. The van der Waals surface area contributed by atoms with E-state index in [1.54, 1.807) is 0 Å². The summed E-state index contributed by atoms with van der Waals surface area (Å²) in [4.78, 5) is 0. The SMILES string of the molecule is CC1NC=CC=C1c1ccc(-c2cc(C3=Cc4c(n(-c5ccccc5)c5ccccc45)C(C)C3)c3ccc4cc(C(C)(C)C)cc5ccc2c3c45)cc1. The fourth-order valence-electron chi connectivity index (χ4n) is 9.25. The van der Waals surface area contributed by atoms with Gasteiger partial charge in [0.25, 0.3) is 0 Å². The molecule has 0 saturated heterocycles. The molecule has 0 spiro atoms. The molecule has 0 amide bonds. The minimum absolute atomic E-state index is 0.0682. The first-order valence-electron chi connectivity index (χ1n) is 19.1. The zero-order valence-corrected chi connectivity index (χ0v) is 31.2. The first-order chi connectivity index (χ1) is 25.7. The number of nitrogens with one attached hydrogen (secondary N) is 1. The van der Waals surface area contributed by atoms with E-state index in [9.17, 15) is 0 Å². The third kappa shape index (κ3) is 5.00. The van der Waals surface area contributed by atoms with Crippen molar-refractivity contribution < 1.29 is 0 Å². The Labute approximate surface area is 312 Å². The Morgan fingerprint density at radius 1 is 0.660 bits per heavy atom. The average Bonchev–Trinajstić information content (AvgIpc) is 3.52. The van der Waals surface area contributed by atoms with Gasteiger partial charge in [0, 0.05) is 34.3 Å². The molecule has 8 aromatic rings. The molecule has 0 fully saturated rings. The first-order valence-corrected chi connectivity index (χ1v) is 19.1. The summed E-state index contributed by atoms with van der Waals surface area (Å²) in [6.07, 6.45) is 9.85. The van der Waals surface area contributed by atoms with Crippen molar-refractivity contribution in [1.29, 1.82) is 0 Å². The number of benzene rings is 7. The molecule has 0 saturated carbocycles. The maximum atomic E-state index is 3.46. The second-order valence-corrected chi connectivity index (χ2v) is 16.3. The van der Waals surface area contributed by atoms with Crippen molar-refractivity contribution in [3.05, 3.63) is 168 Å². The highest BCUT2D eigenvalue weighted by Crippen LogP contribution is 2.49. The van der Waals surface area contributed by atoms with E-state index >= 15 is 0 Å². The number of nitrogens with zero attached hydrogens (tertiary/aromatic N) is 1. The van der Waals surface area contributed by atoms with Gasteiger partial charge in [0.1, 0.15) is 0 Å². The smallest absolute Gasteiger partial charge is 0.0537 e. The van der Waals surface area contributed by atoms with Crippen LogP contribution in [-0.2, 0) is 5.41 Å². The topological polar surface area (TPSA) is 17.0 Å². The van der Waals surface area contributed by atoms with Gasteiger partial charge in [-0.1, -0.05) is 131 Å². The summed E-state index contributed by atoms with van der Waals surface area (Å²) in [6.45, 7) is 11.6. The summed E-state index contributed by atoms with van der Waals surface area (Å²) >= 11 is 0. The van der Waals surface area contributed by atoms with Crippen LogP contribution in [0.1, 0.15) is 74.9 Å². The number of allylic oxidation sites excluding steroid dienone is 3. The summed E-state index contributed by atoms with van der Waals surface area (Å²) < 4.78 is 2.50. The lowest BCUT2D eigenvalue weighted by atomic mass is 9.79. The molecule has 0 bridgehead atoms. The molecule has 1 aliphatic carbocycles. The van der Waals surface area contributed by atoms with Gasteiger partial charge in [0.15, 0.2) is 0 Å². The van der Waals surface area contributed by atoms with Crippen molar-refractivity contribution in [2.45, 2.75) is 58.4 Å². The van der Waals surface area contributed by atoms with E-state index in [0.29, 0.717) is 5.92 Å². The molecule has 1 N–H and O–H groups in total. The van der Waals surface area contributed by atoms with E-state index in [1.165, 1.54) is 99.1 Å². The minimum Gasteiger partial charge on any atom is -0.384 e. The zero-order chi connectivity index (χ0) is 36.0. The molecular formula is C51H44N2. The first kappa shape index (κ1) is 31.8. The standard InChI is InChI=1S/C51H44N2/c1-31-26-37(29-46-41-14-9-10-16-47(41)53(50(31)46)39-12-7-6-8-13-39)45-30-44(34-19-17-33(18-20-34)40-15-11-25-52-32(40)2)42-23-21-35-27-38(51(3,4)5)28-36-22-24-43(45)49(42)48(35)36/h6-25,27-32,52H,26H2,1-5H3. The van der Waals surface area contributed by atoms with E-state index in [1.807, 2.05) is 6.20 Å². The molecular weight excluding hydrogens is 641 g/mol. The van der Waals surface area contributed by atoms with Crippen LogP contribution < -0.4 is 5.32 Å². The number of rotatable bonds is 4. The van der Waals surface area contributed by atoms with Crippen molar-refractivity contribution in [2.24, 2.45) is 0 Å². The molecule has 10 rings (SSSR count). The predicted octanol–water partition coefficient (Wildman–Crippen LogP) is 13.4. The Morgan fingerprint density at radius 2 is 1.34 bits per heavy atom.